The topological polar surface area (TPSA) is 188 Å². The minimum absolute atomic E-state index is 0.0124. The highest BCUT2D eigenvalue weighted by molar-refractivity contribution is 7.88. The third kappa shape index (κ3) is 10.5. The SMILES string of the molecule is O=C(NC1CC2CCC1C2)C(F)(F)S(=O)(=O)ON=C(CF)c1ccc(OCCCOc2ccc(C(NOS(=O)(=O)C(F)(F)C(=O)NC3CC4CCC3C4)C(F)(F)F)cc2)cc1. The van der Waals surface area contributed by atoms with Crippen LogP contribution in [-0.2, 0) is 38.4 Å². The van der Waals surface area contributed by atoms with Crippen LogP contribution < -0.4 is 25.6 Å². The van der Waals surface area contributed by atoms with Crippen molar-refractivity contribution in [1.82, 2.24) is 16.1 Å². The Balaban J connectivity index is 0.938. The van der Waals surface area contributed by atoms with Gasteiger partial charge in [-0.15, -0.1) is 0 Å². The van der Waals surface area contributed by atoms with Crippen LogP contribution in [0.4, 0.5) is 35.1 Å². The average molecular weight is 919 g/mol. The third-order valence-electron chi connectivity index (χ3n) is 11.5. The molecule has 4 fully saturated rings. The third-order valence-corrected chi connectivity index (χ3v) is 13.7. The van der Waals surface area contributed by atoms with Crippen LogP contribution in [0.1, 0.15) is 75.0 Å². The fourth-order valence-electron chi connectivity index (χ4n) is 8.30. The van der Waals surface area contributed by atoms with Crippen LogP contribution >= 0.6 is 0 Å². The van der Waals surface area contributed by atoms with Gasteiger partial charge < -0.3 is 20.1 Å². The molecule has 338 valence electrons. The summed E-state index contributed by atoms with van der Waals surface area (Å²) in [5.41, 5.74) is -0.269. The predicted molar refractivity (Wildman–Crippen MR) is 198 cm³/mol. The summed E-state index contributed by atoms with van der Waals surface area (Å²) in [7, 11) is -12.2. The van der Waals surface area contributed by atoms with Crippen LogP contribution in [0.15, 0.2) is 53.7 Å². The predicted octanol–water partition coefficient (Wildman–Crippen LogP) is 5.80. The molecular weight excluding hydrogens is 877 g/mol. The number of benzene rings is 2. The Labute approximate surface area is 345 Å². The molecule has 2 aromatic rings. The largest absolute Gasteiger partial charge is 0.493 e. The number of hydrogen-bond donors (Lipinski definition) is 3. The van der Waals surface area contributed by atoms with Crippen molar-refractivity contribution < 1.29 is 79.6 Å². The van der Waals surface area contributed by atoms with Crippen molar-refractivity contribution in [3.8, 4) is 11.5 Å². The lowest BCUT2D eigenvalue weighted by Crippen LogP contribution is -2.52. The fraction of sp³-hybridized carbons (Fsp3) is 0.595. The van der Waals surface area contributed by atoms with Gasteiger partial charge in [0.1, 0.15) is 23.9 Å². The molecule has 0 heterocycles. The van der Waals surface area contributed by atoms with Gasteiger partial charge >= 0.3 is 48.7 Å². The Morgan fingerprint density at radius 3 is 1.59 bits per heavy atom. The summed E-state index contributed by atoms with van der Waals surface area (Å²) in [6.45, 7) is -1.45. The van der Waals surface area contributed by atoms with Gasteiger partial charge in [-0.25, -0.2) is 4.39 Å². The monoisotopic (exact) mass is 918 g/mol. The first kappa shape index (κ1) is 46.2. The highest BCUT2D eigenvalue weighted by Gasteiger charge is 2.58. The first-order chi connectivity index (χ1) is 28.6. The minimum atomic E-state index is -6.22. The first-order valence-electron chi connectivity index (χ1n) is 19.3. The molecule has 2 amide bonds. The summed E-state index contributed by atoms with van der Waals surface area (Å²) in [6.07, 6.45) is 0.487. The van der Waals surface area contributed by atoms with Crippen molar-refractivity contribution in [2.24, 2.45) is 28.8 Å². The number of hydrogen-bond acceptors (Lipinski definition) is 12. The van der Waals surface area contributed by atoms with Gasteiger partial charge in [-0.2, -0.15) is 57.3 Å². The van der Waals surface area contributed by atoms with Gasteiger partial charge in [0.2, 0.25) is 0 Å². The molecule has 0 spiro atoms. The summed E-state index contributed by atoms with van der Waals surface area (Å²) in [5, 5.41) is -3.08. The van der Waals surface area contributed by atoms with E-state index in [1.807, 2.05) is 5.32 Å². The van der Waals surface area contributed by atoms with E-state index >= 15 is 0 Å². The van der Waals surface area contributed by atoms with Crippen molar-refractivity contribution in [3.63, 3.8) is 0 Å². The average Bonchev–Trinajstić information content (AvgIpc) is 4.03. The second-order valence-electron chi connectivity index (χ2n) is 15.5. The maximum absolute atomic E-state index is 14.6. The van der Waals surface area contributed by atoms with Crippen molar-refractivity contribution in [1.29, 1.82) is 0 Å². The van der Waals surface area contributed by atoms with Gasteiger partial charge in [0.25, 0.3) is 0 Å². The lowest BCUT2D eigenvalue weighted by Gasteiger charge is -2.26. The Hall–Kier alpha value is -4.29. The number of alkyl halides is 8. The molecule has 0 aromatic heterocycles. The summed E-state index contributed by atoms with van der Waals surface area (Å²) in [6, 6.07) is 4.89. The highest BCUT2D eigenvalue weighted by atomic mass is 32.2. The number of amides is 2. The normalized spacial score (nSPS) is 24.7. The summed E-state index contributed by atoms with van der Waals surface area (Å²) in [4.78, 5) is 24.4. The van der Waals surface area contributed by atoms with E-state index in [0.717, 1.165) is 55.4 Å². The van der Waals surface area contributed by atoms with Gasteiger partial charge in [0, 0.05) is 24.1 Å². The molecule has 4 aliphatic rings. The molecule has 24 heteroatoms. The first-order valence-corrected chi connectivity index (χ1v) is 22.1. The summed E-state index contributed by atoms with van der Waals surface area (Å²) in [5.74, 6) is -3.57. The van der Waals surface area contributed by atoms with Crippen molar-refractivity contribution in [3.05, 3.63) is 59.7 Å². The van der Waals surface area contributed by atoms with Gasteiger partial charge in [-0.3, -0.25) is 13.9 Å². The van der Waals surface area contributed by atoms with E-state index in [-0.39, 0.29) is 60.4 Å². The van der Waals surface area contributed by atoms with E-state index in [1.165, 1.54) is 24.3 Å². The molecule has 4 bridgehead atoms. The van der Waals surface area contributed by atoms with E-state index in [2.05, 4.69) is 19.0 Å². The molecule has 4 saturated carbocycles. The van der Waals surface area contributed by atoms with Crippen molar-refractivity contribution in [2.75, 3.05) is 19.9 Å². The van der Waals surface area contributed by atoms with Crippen molar-refractivity contribution >= 4 is 37.8 Å². The second kappa shape index (κ2) is 18.2. The van der Waals surface area contributed by atoms with E-state index in [9.17, 15) is 61.5 Å². The standard InChI is InChI=1S/C37H42F8N4O10S2/c38-20-31(48-58-60(52,53)36(42,43)33(50)46-29-18-21-2-4-25(29)16-21)23-6-10-27(11-7-23)56-14-1-15-57-28-12-8-24(9-13-28)32(35(39,40)41)49-59-61(54,55)37(44,45)34(51)47-30-19-22-3-5-26(30)17-22/h6-13,21-22,25-26,29-30,32,49H,1-5,14-20H2,(H,46,50)(H,47,51). The van der Waals surface area contributed by atoms with Crippen LogP contribution in [0, 0.1) is 23.7 Å². The van der Waals surface area contributed by atoms with Crippen LogP contribution in [0.5, 0.6) is 11.5 Å². The van der Waals surface area contributed by atoms with E-state index < -0.39 is 84.8 Å². The lowest BCUT2D eigenvalue weighted by molar-refractivity contribution is -0.175. The number of carbonyl (C=O) groups excluding carboxylic acids is 2. The molecule has 4 aliphatic carbocycles. The zero-order valence-corrected chi connectivity index (χ0v) is 33.6. The Morgan fingerprint density at radius 2 is 1.16 bits per heavy atom. The van der Waals surface area contributed by atoms with Gasteiger partial charge in [0.05, 0.1) is 13.2 Å². The van der Waals surface area contributed by atoms with Crippen LogP contribution in [0.3, 0.4) is 0 Å². The van der Waals surface area contributed by atoms with Crippen LogP contribution in [0.2, 0.25) is 0 Å². The molecule has 0 saturated heterocycles. The second-order valence-corrected chi connectivity index (χ2v) is 18.7. The van der Waals surface area contributed by atoms with Gasteiger partial charge in [-0.05, 0) is 104 Å². The van der Waals surface area contributed by atoms with Crippen LogP contribution in [-0.4, -0.2) is 83.0 Å². The van der Waals surface area contributed by atoms with Crippen molar-refractivity contribution in [2.45, 2.75) is 92.6 Å². The number of ether oxygens (including phenoxy) is 2. The Morgan fingerprint density at radius 1 is 0.689 bits per heavy atom. The molecule has 61 heavy (non-hydrogen) atoms. The molecule has 0 radical (unpaired) electrons. The Bertz CT molecular complexity index is 2150. The smallest absolute Gasteiger partial charge is 0.459 e. The van der Waals surface area contributed by atoms with Crippen LogP contribution in [0.25, 0.3) is 0 Å². The van der Waals surface area contributed by atoms with Gasteiger partial charge in [0.15, 0.2) is 6.04 Å². The van der Waals surface area contributed by atoms with Gasteiger partial charge in [-0.1, -0.05) is 30.1 Å². The molecule has 14 nitrogen and oxygen atoms in total. The molecule has 7 unspecified atom stereocenters. The molecule has 2 aromatic carbocycles. The highest BCUT2D eigenvalue weighted by Crippen LogP contribution is 2.46. The molecule has 7 atom stereocenters. The van der Waals surface area contributed by atoms with E-state index in [0.29, 0.717) is 25.7 Å². The number of oxime groups is 1. The maximum Gasteiger partial charge on any atom is 0.459 e. The number of nitrogens with zero attached hydrogens (tertiary/aromatic N) is 1. The quantitative estimate of drug-likeness (QED) is 0.0631. The fourth-order valence-corrected chi connectivity index (χ4v) is 9.48. The summed E-state index contributed by atoms with van der Waals surface area (Å²) < 4.78 is 182. The van der Waals surface area contributed by atoms with E-state index in [4.69, 9.17) is 9.47 Å². The number of hydroxylamine groups is 1. The number of fused-ring (bicyclic) bond motifs is 4. The number of halogens is 8. The lowest BCUT2D eigenvalue weighted by atomic mass is 9.95. The molecule has 0 aliphatic heterocycles. The maximum atomic E-state index is 14.6. The Kier molecular flexibility index (Phi) is 13.8. The summed E-state index contributed by atoms with van der Waals surface area (Å²) >= 11 is 0. The number of carbonyl (C=O) groups is 2. The zero-order chi connectivity index (χ0) is 44.4. The molecule has 6 rings (SSSR count). The minimum Gasteiger partial charge on any atom is -0.493 e. The number of nitrogens with one attached hydrogen (secondary N) is 3. The zero-order valence-electron chi connectivity index (χ0n) is 32.0. The van der Waals surface area contributed by atoms with E-state index in [1.54, 1.807) is 0 Å². The number of rotatable bonds is 20. The molecular formula is C37H42F8N4O10S2. The molecule has 3 N–H and O–H groups in total.